The highest BCUT2D eigenvalue weighted by Crippen LogP contribution is 2.30. The number of aromatic nitrogens is 1. The summed E-state index contributed by atoms with van der Waals surface area (Å²) in [6, 6.07) is 13.4. The summed E-state index contributed by atoms with van der Waals surface area (Å²) in [5.74, 6) is 0.802. The van der Waals surface area contributed by atoms with Gasteiger partial charge in [0.1, 0.15) is 5.75 Å². The lowest BCUT2D eigenvalue weighted by molar-refractivity contribution is 0.208. The Labute approximate surface area is 139 Å². The van der Waals surface area contributed by atoms with Gasteiger partial charge in [0.25, 0.3) is 0 Å². The van der Waals surface area contributed by atoms with Crippen LogP contribution in [0.25, 0.3) is 10.2 Å². The van der Waals surface area contributed by atoms with Gasteiger partial charge in [-0.3, -0.25) is 0 Å². The molecule has 1 unspecified atom stereocenters. The molecule has 1 heterocycles. The number of methoxy groups -OCH3 is 1. The lowest BCUT2D eigenvalue weighted by Gasteiger charge is -2.11. The van der Waals surface area contributed by atoms with Crippen molar-refractivity contribution >= 4 is 49.3 Å². The number of fused-ring (bicyclic) bond motifs is 1. The standard InChI is InChI=1S/C15H13IN2O2S/c1-20-11-6-7-12-13(8-11)21-15(17-12)18-14(19)9-2-4-10(16)5-3-9/h2-8,14,19H,1H3,(H,17,18). The molecule has 3 rings (SSSR count). The predicted octanol–water partition coefficient (Wildman–Crippen LogP) is 4.01. The van der Waals surface area contributed by atoms with Gasteiger partial charge in [0.2, 0.25) is 0 Å². The number of aliphatic hydroxyl groups excluding tert-OH is 1. The highest BCUT2D eigenvalue weighted by molar-refractivity contribution is 14.1. The first-order valence-corrected chi connectivity index (χ1v) is 8.20. The number of aliphatic hydroxyl groups is 1. The quantitative estimate of drug-likeness (QED) is 0.502. The van der Waals surface area contributed by atoms with Gasteiger partial charge in [-0.25, -0.2) is 4.98 Å². The number of halogens is 1. The van der Waals surface area contributed by atoms with Crippen LogP contribution in [0.1, 0.15) is 11.8 Å². The maximum atomic E-state index is 10.2. The van der Waals surface area contributed by atoms with Crippen LogP contribution in [0.15, 0.2) is 42.5 Å². The van der Waals surface area contributed by atoms with E-state index in [0.29, 0.717) is 5.13 Å². The van der Waals surface area contributed by atoms with E-state index >= 15 is 0 Å². The van der Waals surface area contributed by atoms with Crippen molar-refractivity contribution in [2.75, 3.05) is 12.4 Å². The van der Waals surface area contributed by atoms with Crippen LogP contribution in [0.3, 0.4) is 0 Å². The minimum Gasteiger partial charge on any atom is -0.497 e. The molecular formula is C15H13IN2O2S. The van der Waals surface area contributed by atoms with Gasteiger partial charge in [-0.15, -0.1) is 0 Å². The number of nitrogens with zero attached hydrogens (tertiary/aromatic N) is 1. The van der Waals surface area contributed by atoms with Gasteiger partial charge in [0.05, 0.1) is 17.3 Å². The molecule has 0 amide bonds. The van der Waals surface area contributed by atoms with Crippen molar-refractivity contribution < 1.29 is 9.84 Å². The zero-order valence-electron chi connectivity index (χ0n) is 11.2. The SMILES string of the molecule is COc1ccc2nc(NC(O)c3ccc(I)cc3)sc2c1. The molecule has 4 nitrogen and oxygen atoms in total. The summed E-state index contributed by atoms with van der Waals surface area (Å²) in [4.78, 5) is 4.46. The highest BCUT2D eigenvalue weighted by Gasteiger charge is 2.11. The average molecular weight is 412 g/mol. The summed E-state index contributed by atoms with van der Waals surface area (Å²) in [6.07, 6.45) is -0.774. The normalized spacial score (nSPS) is 12.3. The molecule has 0 aliphatic carbocycles. The van der Waals surface area contributed by atoms with Crippen LogP contribution < -0.4 is 10.1 Å². The van der Waals surface area contributed by atoms with Crippen molar-refractivity contribution in [3.05, 3.63) is 51.6 Å². The van der Waals surface area contributed by atoms with E-state index in [2.05, 4.69) is 32.9 Å². The molecule has 108 valence electrons. The molecule has 3 aromatic rings. The van der Waals surface area contributed by atoms with E-state index in [1.165, 1.54) is 11.3 Å². The van der Waals surface area contributed by atoms with Crippen molar-refractivity contribution in [1.29, 1.82) is 0 Å². The summed E-state index contributed by atoms with van der Waals surface area (Å²) < 4.78 is 7.36. The topological polar surface area (TPSA) is 54.4 Å². The second-order valence-corrected chi connectivity index (χ2v) is 6.73. The molecule has 0 saturated heterocycles. The second kappa shape index (κ2) is 6.17. The molecule has 2 aromatic carbocycles. The number of anilines is 1. The van der Waals surface area contributed by atoms with Crippen LogP contribution in [0.4, 0.5) is 5.13 Å². The summed E-state index contributed by atoms with van der Waals surface area (Å²) in [6.45, 7) is 0. The molecule has 6 heteroatoms. The minimum atomic E-state index is -0.774. The van der Waals surface area contributed by atoms with Gasteiger partial charge in [-0.1, -0.05) is 23.5 Å². The fourth-order valence-electron chi connectivity index (χ4n) is 1.94. The van der Waals surface area contributed by atoms with Crippen molar-refractivity contribution in [1.82, 2.24) is 4.98 Å². The van der Waals surface area contributed by atoms with E-state index in [1.54, 1.807) is 7.11 Å². The van der Waals surface area contributed by atoms with Crippen LogP contribution in [-0.4, -0.2) is 17.2 Å². The van der Waals surface area contributed by atoms with E-state index in [-0.39, 0.29) is 0 Å². The van der Waals surface area contributed by atoms with Crippen molar-refractivity contribution in [2.45, 2.75) is 6.23 Å². The minimum absolute atomic E-state index is 0.685. The fourth-order valence-corrected chi connectivity index (χ4v) is 3.21. The third-order valence-electron chi connectivity index (χ3n) is 3.04. The number of hydrogen-bond acceptors (Lipinski definition) is 5. The molecule has 1 aromatic heterocycles. The lowest BCUT2D eigenvalue weighted by atomic mass is 10.2. The molecule has 0 aliphatic rings. The predicted molar refractivity (Wildman–Crippen MR) is 93.9 cm³/mol. The number of nitrogens with one attached hydrogen (secondary N) is 1. The van der Waals surface area contributed by atoms with Crippen LogP contribution in [0.5, 0.6) is 5.75 Å². The van der Waals surface area contributed by atoms with Crippen molar-refractivity contribution in [3.63, 3.8) is 0 Å². The summed E-state index contributed by atoms with van der Waals surface area (Å²) in [7, 11) is 1.64. The largest absolute Gasteiger partial charge is 0.497 e. The molecule has 0 aliphatic heterocycles. The number of hydrogen-bond donors (Lipinski definition) is 2. The van der Waals surface area contributed by atoms with Crippen LogP contribution in [-0.2, 0) is 0 Å². The Kier molecular flexibility index (Phi) is 4.27. The smallest absolute Gasteiger partial charge is 0.186 e. The molecule has 0 fully saturated rings. The Bertz CT molecular complexity index is 758. The van der Waals surface area contributed by atoms with Gasteiger partial charge in [0.15, 0.2) is 11.4 Å². The van der Waals surface area contributed by atoms with E-state index in [1.807, 2.05) is 42.5 Å². The Balaban J connectivity index is 1.82. The number of benzene rings is 2. The first kappa shape index (κ1) is 14.6. The average Bonchev–Trinajstić information content (AvgIpc) is 2.88. The Morgan fingerprint density at radius 3 is 2.71 bits per heavy atom. The maximum Gasteiger partial charge on any atom is 0.186 e. The molecule has 1 atom stereocenters. The van der Waals surface area contributed by atoms with Crippen LogP contribution >= 0.6 is 33.9 Å². The van der Waals surface area contributed by atoms with Crippen LogP contribution in [0.2, 0.25) is 0 Å². The van der Waals surface area contributed by atoms with Gasteiger partial charge in [-0.2, -0.15) is 0 Å². The molecule has 0 radical (unpaired) electrons. The summed E-state index contributed by atoms with van der Waals surface area (Å²) in [5, 5.41) is 13.9. The molecule has 0 bridgehead atoms. The second-order valence-electron chi connectivity index (χ2n) is 4.45. The lowest BCUT2D eigenvalue weighted by Crippen LogP contribution is -2.09. The van der Waals surface area contributed by atoms with Gasteiger partial charge in [-0.05, 0) is 52.9 Å². The zero-order valence-corrected chi connectivity index (χ0v) is 14.2. The highest BCUT2D eigenvalue weighted by atomic mass is 127. The summed E-state index contributed by atoms with van der Waals surface area (Å²) in [5.41, 5.74) is 1.70. The first-order valence-electron chi connectivity index (χ1n) is 6.30. The van der Waals surface area contributed by atoms with Gasteiger partial charge >= 0.3 is 0 Å². The van der Waals surface area contributed by atoms with Crippen LogP contribution in [0, 0.1) is 3.57 Å². The Hall–Kier alpha value is -1.38. The molecule has 21 heavy (non-hydrogen) atoms. The van der Waals surface area contributed by atoms with E-state index in [9.17, 15) is 5.11 Å². The summed E-state index contributed by atoms with van der Waals surface area (Å²) >= 11 is 3.72. The first-order chi connectivity index (χ1) is 10.2. The Morgan fingerprint density at radius 2 is 2.00 bits per heavy atom. The fraction of sp³-hybridized carbons (Fsp3) is 0.133. The number of rotatable bonds is 4. The molecular weight excluding hydrogens is 399 g/mol. The van der Waals surface area contributed by atoms with Gasteiger partial charge in [0, 0.05) is 9.13 Å². The van der Waals surface area contributed by atoms with Crippen molar-refractivity contribution in [3.8, 4) is 5.75 Å². The molecule has 0 saturated carbocycles. The van der Waals surface area contributed by atoms with Gasteiger partial charge < -0.3 is 15.2 Å². The third kappa shape index (κ3) is 3.28. The monoisotopic (exact) mass is 412 g/mol. The maximum absolute atomic E-state index is 10.2. The molecule has 2 N–H and O–H groups in total. The van der Waals surface area contributed by atoms with Crippen molar-refractivity contribution in [2.24, 2.45) is 0 Å². The van der Waals surface area contributed by atoms with E-state index in [0.717, 1.165) is 25.1 Å². The third-order valence-corrected chi connectivity index (χ3v) is 4.71. The Morgan fingerprint density at radius 1 is 1.24 bits per heavy atom. The van der Waals surface area contributed by atoms with E-state index in [4.69, 9.17) is 4.74 Å². The number of ether oxygens (including phenoxy) is 1. The number of thiazole rings is 1. The zero-order chi connectivity index (χ0) is 14.8. The molecule has 0 spiro atoms. The van der Waals surface area contributed by atoms with E-state index < -0.39 is 6.23 Å².